The molecule has 3 heterocycles. The molecule has 9 unspecified atom stereocenters. The van der Waals surface area contributed by atoms with Crippen LogP contribution in [0.2, 0.25) is 0 Å². The number of esters is 2. The number of carbonyl (C=O) groups excluding carboxylic acids is 2. The van der Waals surface area contributed by atoms with Gasteiger partial charge in [0, 0.05) is 31.1 Å². The van der Waals surface area contributed by atoms with Gasteiger partial charge in [0.1, 0.15) is 18.1 Å². The molecule has 0 aromatic heterocycles. The van der Waals surface area contributed by atoms with Crippen LogP contribution in [0.5, 0.6) is 0 Å². The van der Waals surface area contributed by atoms with Crippen LogP contribution in [0.3, 0.4) is 0 Å². The van der Waals surface area contributed by atoms with Gasteiger partial charge in [-0.2, -0.15) is 0 Å². The van der Waals surface area contributed by atoms with Crippen LogP contribution < -0.4 is 5.73 Å². The van der Waals surface area contributed by atoms with Gasteiger partial charge in [0.2, 0.25) is 0 Å². The quantitative estimate of drug-likeness (QED) is 0.176. The van der Waals surface area contributed by atoms with Crippen molar-refractivity contribution in [1.82, 2.24) is 0 Å². The molecule has 376 valence electrons. The minimum Gasteiger partial charge on any atom is -0.469 e. The molecule has 0 radical (unpaired) electrons. The normalized spacial score (nSPS) is 44.7. The van der Waals surface area contributed by atoms with Gasteiger partial charge in [0.05, 0.1) is 86.7 Å². The Morgan fingerprint density at radius 3 is 1.95 bits per heavy atom. The van der Waals surface area contributed by atoms with Crippen LogP contribution in [0.1, 0.15) is 91.9 Å². The molecule has 0 spiro atoms. The van der Waals surface area contributed by atoms with Gasteiger partial charge in [0.25, 0.3) is 0 Å². The molecule has 3 aliphatic heterocycles. The van der Waals surface area contributed by atoms with Crippen LogP contribution in [-0.2, 0) is 33.3 Å². The van der Waals surface area contributed by atoms with E-state index in [0.29, 0.717) is 0 Å². The lowest BCUT2D eigenvalue weighted by atomic mass is 9.82. The van der Waals surface area contributed by atoms with Crippen molar-refractivity contribution in [3.8, 4) is 0 Å². The molecule has 2 saturated heterocycles. The Kier molecular flexibility index (Phi) is 24.5. The third-order valence-electron chi connectivity index (χ3n) is 12.4. The lowest BCUT2D eigenvalue weighted by Crippen LogP contribution is -2.61. The number of cyclic esters (lactones) is 1. The second-order valence-corrected chi connectivity index (χ2v) is 18.0. The number of carbonyl (C=O) groups is 2. The second kappa shape index (κ2) is 28.3. The molecule has 66 heavy (non-hydrogen) atoms. The minimum atomic E-state index is -2.30. The van der Waals surface area contributed by atoms with Crippen LogP contribution in [0.4, 0.5) is 0 Å². The van der Waals surface area contributed by atoms with Gasteiger partial charge in [-0.3, -0.25) is 9.59 Å². The number of allylic oxidation sites excluding steroid dienone is 10. The Hall–Kier alpha value is -3.18. The average Bonchev–Trinajstić information content (AvgIpc) is 3.24. The van der Waals surface area contributed by atoms with E-state index in [-0.39, 0.29) is 38.0 Å². The molecule has 0 aromatic rings. The van der Waals surface area contributed by atoms with Gasteiger partial charge >= 0.3 is 11.9 Å². The first-order valence-corrected chi connectivity index (χ1v) is 23.0. The molecule has 0 amide bonds. The summed E-state index contributed by atoms with van der Waals surface area (Å²) in [6.45, 7) is 6.82. The van der Waals surface area contributed by atoms with Gasteiger partial charge in [-0.15, -0.1) is 0 Å². The second-order valence-electron chi connectivity index (χ2n) is 18.0. The Morgan fingerprint density at radius 1 is 0.697 bits per heavy atom. The molecule has 18 nitrogen and oxygen atoms in total. The molecule has 19 atom stereocenters. The predicted molar refractivity (Wildman–Crippen MR) is 241 cm³/mol. The highest BCUT2D eigenvalue weighted by Crippen LogP contribution is 2.38. The zero-order valence-corrected chi connectivity index (χ0v) is 38.8. The summed E-state index contributed by atoms with van der Waals surface area (Å²) in [5, 5.41) is 109. The topological polar surface area (TPSA) is 309 Å². The Balaban J connectivity index is 1.86. The van der Waals surface area contributed by atoms with E-state index in [9.17, 15) is 60.7 Å². The van der Waals surface area contributed by atoms with Crippen molar-refractivity contribution >= 4 is 11.9 Å². The molecule has 0 aromatic carbocycles. The zero-order chi connectivity index (χ0) is 49.1. The van der Waals surface area contributed by atoms with Gasteiger partial charge in [-0.1, -0.05) is 86.8 Å². The Labute approximate surface area is 388 Å². The standard InChI is InChI=1S/C48H77NO17/c1-28-18-16-14-12-10-8-6-7-9-11-13-15-17-19-35(65-47-45(59)42(49)44(58)31(4)64-47)25-39-41(46(60)62-5)38(55)27-48(61,66-39)26-37(54)36(53)21-20-32(50)22-33(51)23-34(52)24-40(56)63-30(3)29(2)43(28)57/h6-7,9,11-19,28-39,41-45,47,50-55,57-59,61H,8,10,20-27,49H2,1-5H3/b7-6+,11-9+,14-12+,15-13+,18-16+,19-17+/t28-,29-,30-,31+,32?,33?,34?,35?,36?,37?,38?,39?,41?,42-,43+,44+,45-,47+,48+/m0/s1. The predicted octanol–water partition coefficient (Wildman–Crippen LogP) is 1.02. The summed E-state index contributed by atoms with van der Waals surface area (Å²) in [5.41, 5.74) is 6.06. The smallest absolute Gasteiger partial charge is 0.313 e. The summed E-state index contributed by atoms with van der Waals surface area (Å²) in [7, 11) is 1.12. The van der Waals surface area contributed by atoms with Gasteiger partial charge in [0.15, 0.2) is 12.1 Å². The lowest BCUT2D eigenvalue weighted by molar-refractivity contribution is -0.310. The molecule has 2 bridgehead atoms. The number of aliphatic hydroxyl groups excluding tert-OH is 9. The highest BCUT2D eigenvalue weighted by atomic mass is 16.7. The third-order valence-corrected chi connectivity index (χ3v) is 12.4. The van der Waals surface area contributed by atoms with Gasteiger partial charge in [-0.05, 0) is 52.4 Å². The van der Waals surface area contributed by atoms with Crippen molar-refractivity contribution in [3.63, 3.8) is 0 Å². The lowest BCUT2D eigenvalue weighted by Gasteiger charge is -2.45. The van der Waals surface area contributed by atoms with E-state index in [0.717, 1.165) is 20.0 Å². The first-order chi connectivity index (χ1) is 31.2. The largest absolute Gasteiger partial charge is 0.469 e. The monoisotopic (exact) mass is 940 g/mol. The summed E-state index contributed by atoms with van der Waals surface area (Å²) < 4.78 is 28.4. The van der Waals surface area contributed by atoms with Crippen LogP contribution in [0.15, 0.2) is 72.9 Å². The molecule has 2 fully saturated rings. The molecule has 12 N–H and O–H groups in total. The van der Waals surface area contributed by atoms with E-state index < -0.39 is 141 Å². The van der Waals surface area contributed by atoms with E-state index in [1.165, 1.54) is 0 Å². The van der Waals surface area contributed by atoms with E-state index in [1.807, 2.05) is 49.5 Å². The summed E-state index contributed by atoms with van der Waals surface area (Å²) >= 11 is 0. The first-order valence-electron chi connectivity index (χ1n) is 23.0. The number of rotatable bonds is 3. The number of methoxy groups -OCH3 is 1. The number of aliphatic hydroxyl groups is 10. The SMILES string of the molecule is COC(=O)C1C(O)C[C@@]2(O)CC(O)C(O)CCC(O)CC(O)CC(O)CC(=O)O[C@@H](C)[C@H](C)[C@H](O)[C@@H](C)/C=C/C=C/CC/C=C/C=C/C=C/C=C/C(O[C@H]3O[C@H](C)[C@@H](O)[C@H](N)[C@@H]3O)CC1O2. The van der Waals surface area contributed by atoms with Crippen molar-refractivity contribution in [2.75, 3.05) is 7.11 Å². The average molecular weight is 940 g/mol. The van der Waals surface area contributed by atoms with Crippen molar-refractivity contribution in [2.24, 2.45) is 23.5 Å². The van der Waals surface area contributed by atoms with Gasteiger partial charge in [-0.25, -0.2) is 0 Å². The van der Waals surface area contributed by atoms with Crippen molar-refractivity contribution in [1.29, 1.82) is 0 Å². The minimum absolute atomic E-state index is 0.120. The van der Waals surface area contributed by atoms with E-state index >= 15 is 0 Å². The third kappa shape index (κ3) is 18.7. The summed E-state index contributed by atoms with van der Waals surface area (Å²) in [4.78, 5) is 25.7. The summed E-state index contributed by atoms with van der Waals surface area (Å²) in [6.07, 6.45) is 3.32. The van der Waals surface area contributed by atoms with E-state index in [1.54, 1.807) is 51.2 Å². The van der Waals surface area contributed by atoms with Crippen LogP contribution >= 0.6 is 0 Å². The number of ether oxygens (including phenoxy) is 5. The van der Waals surface area contributed by atoms with Crippen molar-refractivity contribution in [2.45, 2.75) is 189 Å². The molecule has 18 heteroatoms. The number of fused-ring (bicyclic) bond motifs is 2. The number of nitrogens with two attached hydrogens (primary N) is 1. The fraction of sp³-hybridized carbons (Fsp3) is 0.708. The van der Waals surface area contributed by atoms with Crippen LogP contribution in [0.25, 0.3) is 0 Å². The maximum Gasteiger partial charge on any atom is 0.313 e. The van der Waals surface area contributed by atoms with Crippen molar-refractivity contribution in [3.05, 3.63) is 72.9 Å². The maximum atomic E-state index is 13.1. The van der Waals surface area contributed by atoms with E-state index in [4.69, 9.17) is 29.4 Å². The maximum absolute atomic E-state index is 13.1. The fourth-order valence-electron chi connectivity index (χ4n) is 8.23. The van der Waals surface area contributed by atoms with Gasteiger partial charge < -0.3 is 80.5 Å². The number of hydrogen-bond acceptors (Lipinski definition) is 18. The fourth-order valence-corrected chi connectivity index (χ4v) is 8.23. The molecular weight excluding hydrogens is 863 g/mol. The van der Waals surface area contributed by atoms with Crippen molar-refractivity contribution < 1.29 is 84.3 Å². The molecule has 0 aliphatic carbocycles. The zero-order valence-electron chi connectivity index (χ0n) is 38.8. The van der Waals surface area contributed by atoms with E-state index in [2.05, 4.69) is 0 Å². The molecule has 0 saturated carbocycles. The van der Waals surface area contributed by atoms with Crippen LogP contribution in [-0.4, -0.2) is 168 Å². The molecule has 3 aliphatic rings. The summed E-state index contributed by atoms with van der Waals surface area (Å²) in [6, 6.07) is -1.13. The highest BCUT2D eigenvalue weighted by molar-refractivity contribution is 5.74. The van der Waals surface area contributed by atoms with Crippen LogP contribution in [0, 0.1) is 17.8 Å². The first kappa shape index (κ1) is 57.1. The highest BCUT2D eigenvalue weighted by Gasteiger charge is 2.51. The number of hydrogen-bond donors (Lipinski definition) is 11. The summed E-state index contributed by atoms with van der Waals surface area (Å²) in [5.74, 6) is -5.93. The molecule has 3 rings (SSSR count). The Morgan fingerprint density at radius 2 is 1.29 bits per heavy atom. The Bertz CT molecular complexity index is 1640. The molecular formula is C48H77NO17.